The molecule has 8 heteroatoms. The van der Waals surface area contributed by atoms with Gasteiger partial charge in [0.25, 0.3) is 11.8 Å². The molecule has 1 aromatic carbocycles. The molecule has 0 bridgehead atoms. The smallest absolute Gasteiger partial charge is 0.257 e. The van der Waals surface area contributed by atoms with Gasteiger partial charge in [-0.05, 0) is 56.0 Å². The van der Waals surface area contributed by atoms with Gasteiger partial charge in [-0.3, -0.25) is 4.79 Å². The second-order valence-electron chi connectivity index (χ2n) is 6.80. The quantitative estimate of drug-likeness (QED) is 0.645. The second kappa shape index (κ2) is 7.98. The number of carbonyl (C=O) groups excluding carboxylic acids is 1. The standard InChI is InChI=1S/C20H19ClN4O3/c1-12(18-24-20(28-25-18)14-4-7-16(21)8-5-14)23-19(26)15-6-9-17(22-10-15)27-11-13-2-3-13/h4-10,12-13H,2-3,11H2,1H3,(H,23,26). The summed E-state index contributed by atoms with van der Waals surface area (Å²) in [7, 11) is 0. The van der Waals surface area contributed by atoms with E-state index in [0.29, 0.717) is 40.7 Å². The molecular weight excluding hydrogens is 380 g/mol. The number of amides is 1. The van der Waals surface area contributed by atoms with Gasteiger partial charge in [-0.25, -0.2) is 4.98 Å². The minimum atomic E-state index is -0.428. The third-order valence-corrected chi connectivity index (χ3v) is 4.68. The number of halogens is 1. The number of rotatable bonds is 7. The summed E-state index contributed by atoms with van der Waals surface area (Å²) in [5.41, 5.74) is 1.19. The lowest BCUT2D eigenvalue weighted by molar-refractivity contribution is 0.0937. The first kappa shape index (κ1) is 18.4. The van der Waals surface area contributed by atoms with Gasteiger partial charge in [-0.2, -0.15) is 4.98 Å². The molecule has 1 atom stereocenters. The molecule has 0 radical (unpaired) electrons. The van der Waals surface area contributed by atoms with Crippen molar-refractivity contribution in [2.45, 2.75) is 25.8 Å². The van der Waals surface area contributed by atoms with Gasteiger partial charge in [-0.15, -0.1) is 0 Å². The number of aromatic nitrogens is 3. The Hall–Kier alpha value is -2.93. The van der Waals surface area contributed by atoms with Gasteiger partial charge in [0.15, 0.2) is 5.82 Å². The van der Waals surface area contributed by atoms with E-state index in [9.17, 15) is 4.79 Å². The molecule has 1 fully saturated rings. The van der Waals surface area contributed by atoms with Crippen LogP contribution < -0.4 is 10.1 Å². The topological polar surface area (TPSA) is 90.1 Å². The number of nitrogens with zero attached hydrogens (tertiary/aromatic N) is 3. The van der Waals surface area contributed by atoms with Gasteiger partial charge in [0.05, 0.1) is 18.2 Å². The third kappa shape index (κ3) is 4.48. The molecule has 3 aromatic rings. The van der Waals surface area contributed by atoms with Gasteiger partial charge in [0, 0.05) is 22.8 Å². The highest BCUT2D eigenvalue weighted by atomic mass is 35.5. The zero-order chi connectivity index (χ0) is 19.5. The molecule has 1 amide bonds. The second-order valence-corrected chi connectivity index (χ2v) is 7.24. The van der Waals surface area contributed by atoms with Gasteiger partial charge in [0.2, 0.25) is 5.88 Å². The third-order valence-electron chi connectivity index (χ3n) is 4.43. The van der Waals surface area contributed by atoms with Crippen LogP contribution in [0.5, 0.6) is 5.88 Å². The number of hydrogen-bond acceptors (Lipinski definition) is 6. The van der Waals surface area contributed by atoms with E-state index in [-0.39, 0.29) is 5.91 Å². The van der Waals surface area contributed by atoms with E-state index >= 15 is 0 Å². The van der Waals surface area contributed by atoms with Crippen LogP contribution in [0.15, 0.2) is 47.1 Å². The van der Waals surface area contributed by atoms with Crippen molar-refractivity contribution < 1.29 is 14.1 Å². The van der Waals surface area contributed by atoms with Crippen LogP contribution in [0.4, 0.5) is 0 Å². The van der Waals surface area contributed by atoms with E-state index in [4.69, 9.17) is 20.9 Å². The van der Waals surface area contributed by atoms with E-state index in [1.807, 2.05) is 0 Å². The van der Waals surface area contributed by atoms with Gasteiger partial charge < -0.3 is 14.6 Å². The lowest BCUT2D eigenvalue weighted by Crippen LogP contribution is -2.27. The Morgan fingerprint density at radius 2 is 2.07 bits per heavy atom. The van der Waals surface area contributed by atoms with Crippen LogP contribution in [-0.4, -0.2) is 27.6 Å². The molecule has 2 aromatic heterocycles. The lowest BCUT2D eigenvalue weighted by Gasteiger charge is -2.10. The highest BCUT2D eigenvalue weighted by molar-refractivity contribution is 6.30. The van der Waals surface area contributed by atoms with E-state index in [1.54, 1.807) is 43.3 Å². The minimum absolute atomic E-state index is 0.272. The highest BCUT2D eigenvalue weighted by Crippen LogP contribution is 2.29. The molecule has 1 aliphatic rings. The van der Waals surface area contributed by atoms with Crippen molar-refractivity contribution >= 4 is 17.5 Å². The fourth-order valence-corrected chi connectivity index (χ4v) is 2.68. The monoisotopic (exact) mass is 398 g/mol. The van der Waals surface area contributed by atoms with Crippen molar-refractivity contribution in [1.82, 2.24) is 20.4 Å². The number of benzene rings is 1. The molecule has 144 valence electrons. The average Bonchev–Trinajstić information content (AvgIpc) is 3.41. The van der Waals surface area contributed by atoms with Crippen molar-refractivity contribution in [3.63, 3.8) is 0 Å². The van der Waals surface area contributed by atoms with E-state index in [2.05, 4.69) is 20.4 Å². The molecule has 0 aliphatic heterocycles. The normalized spacial score (nSPS) is 14.5. The van der Waals surface area contributed by atoms with E-state index < -0.39 is 6.04 Å². The molecule has 1 unspecified atom stereocenters. The van der Waals surface area contributed by atoms with Crippen molar-refractivity contribution in [3.05, 3.63) is 59.0 Å². The maximum atomic E-state index is 12.4. The Kier molecular flexibility index (Phi) is 5.25. The summed E-state index contributed by atoms with van der Waals surface area (Å²) >= 11 is 5.89. The highest BCUT2D eigenvalue weighted by Gasteiger charge is 2.22. The SMILES string of the molecule is CC(NC(=O)c1ccc(OCC2CC2)nc1)c1noc(-c2ccc(Cl)cc2)n1. The lowest BCUT2D eigenvalue weighted by atomic mass is 10.2. The Balaban J connectivity index is 1.36. The Bertz CT molecular complexity index is 952. The molecule has 28 heavy (non-hydrogen) atoms. The minimum Gasteiger partial charge on any atom is -0.477 e. The van der Waals surface area contributed by atoms with Crippen LogP contribution in [0.25, 0.3) is 11.5 Å². The predicted octanol–water partition coefficient (Wildman–Crippen LogP) is 4.06. The predicted molar refractivity (Wildman–Crippen MR) is 103 cm³/mol. The molecule has 2 heterocycles. The average molecular weight is 399 g/mol. The van der Waals surface area contributed by atoms with E-state index in [1.165, 1.54) is 19.0 Å². The molecular formula is C20H19ClN4O3. The number of nitrogens with one attached hydrogen (secondary N) is 1. The summed E-state index contributed by atoms with van der Waals surface area (Å²) in [5.74, 6) is 1.66. The van der Waals surface area contributed by atoms with Crippen LogP contribution in [0.1, 0.15) is 42.0 Å². The summed E-state index contributed by atoms with van der Waals surface area (Å²) in [6.07, 6.45) is 3.93. The van der Waals surface area contributed by atoms with Gasteiger partial charge in [-0.1, -0.05) is 16.8 Å². The van der Waals surface area contributed by atoms with Crippen LogP contribution >= 0.6 is 11.6 Å². The first-order valence-corrected chi connectivity index (χ1v) is 9.45. The molecule has 4 rings (SSSR count). The van der Waals surface area contributed by atoms with Crippen LogP contribution in [-0.2, 0) is 0 Å². The van der Waals surface area contributed by atoms with Crippen molar-refractivity contribution in [1.29, 1.82) is 0 Å². The molecule has 0 spiro atoms. The first-order valence-electron chi connectivity index (χ1n) is 9.08. The van der Waals surface area contributed by atoms with Gasteiger partial charge in [0.1, 0.15) is 0 Å². The van der Waals surface area contributed by atoms with Crippen LogP contribution in [0.3, 0.4) is 0 Å². The van der Waals surface area contributed by atoms with E-state index in [0.717, 1.165) is 5.56 Å². The molecule has 1 N–H and O–H groups in total. The fraction of sp³-hybridized carbons (Fsp3) is 0.300. The first-order chi connectivity index (χ1) is 13.6. The molecule has 1 aliphatic carbocycles. The number of carbonyl (C=O) groups is 1. The van der Waals surface area contributed by atoms with Crippen molar-refractivity contribution in [2.75, 3.05) is 6.61 Å². The fourth-order valence-electron chi connectivity index (χ4n) is 2.55. The summed E-state index contributed by atoms with van der Waals surface area (Å²) < 4.78 is 10.9. The molecule has 7 nitrogen and oxygen atoms in total. The van der Waals surface area contributed by atoms with Gasteiger partial charge >= 0.3 is 0 Å². The van der Waals surface area contributed by atoms with Crippen LogP contribution in [0.2, 0.25) is 5.02 Å². The largest absolute Gasteiger partial charge is 0.477 e. The van der Waals surface area contributed by atoms with Crippen LogP contribution in [0, 0.1) is 5.92 Å². The maximum absolute atomic E-state index is 12.4. The zero-order valence-electron chi connectivity index (χ0n) is 15.3. The zero-order valence-corrected chi connectivity index (χ0v) is 16.0. The Morgan fingerprint density at radius 3 is 2.75 bits per heavy atom. The Morgan fingerprint density at radius 1 is 1.29 bits per heavy atom. The molecule has 1 saturated carbocycles. The number of pyridine rings is 1. The number of hydrogen-bond donors (Lipinski definition) is 1. The summed E-state index contributed by atoms with van der Waals surface area (Å²) in [5, 5.41) is 7.42. The summed E-state index contributed by atoms with van der Waals surface area (Å²) in [6.45, 7) is 2.47. The molecule has 0 saturated heterocycles. The van der Waals surface area contributed by atoms with Crippen molar-refractivity contribution in [2.24, 2.45) is 5.92 Å². The Labute approximate surface area is 167 Å². The number of ether oxygens (including phenoxy) is 1. The maximum Gasteiger partial charge on any atom is 0.257 e. The summed E-state index contributed by atoms with van der Waals surface area (Å²) in [4.78, 5) is 21.0. The summed E-state index contributed by atoms with van der Waals surface area (Å²) in [6, 6.07) is 10.0. The van der Waals surface area contributed by atoms with Crippen molar-refractivity contribution in [3.8, 4) is 17.3 Å².